The molecule has 1 N–H and O–H groups in total. The Hall–Kier alpha value is -2.40. The van der Waals surface area contributed by atoms with Gasteiger partial charge in [-0.3, -0.25) is 4.79 Å². The van der Waals surface area contributed by atoms with Gasteiger partial charge >= 0.3 is 0 Å². The van der Waals surface area contributed by atoms with Crippen molar-refractivity contribution in [3.8, 4) is 17.2 Å². The summed E-state index contributed by atoms with van der Waals surface area (Å²) in [5, 5.41) is 3.08. The van der Waals surface area contributed by atoms with Gasteiger partial charge < -0.3 is 19.5 Å². The number of benzene rings is 2. The predicted octanol–water partition coefficient (Wildman–Crippen LogP) is 3.17. The summed E-state index contributed by atoms with van der Waals surface area (Å²) < 4.78 is 15.8. The molecule has 23 heavy (non-hydrogen) atoms. The highest BCUT2D eigenvalue weighted by Crippen LogP contribution is 2.35. The minimum absolute atomic E-state index is 0.260. The number of hydrogen-bond acceptors (Lipinski definition) is 4. The molecule has 1 amide bonds. The van der Waals surface area contributed by atoms with Crippen molar-refractivity contribution < 1.29 is 19.0 Å². The highest BCUT2D eigenvalue weighted by atomic mass is 35.5. The SMILES string of the molecule is COc1cc(C(=O)NCCOc2ccccc2)cc(Cl)c1OC. The lowest BCUT2D eigenvalue weighted by Gasteiger charge is -2.12. The number of rotatable bonds is 7. The molecule has 0 aliphatic carbocycles. The Morgan fingerprint density at radius 3 is 2.52 bits per heavy atom. The minimum atomic E-state index is -0.260. The van der Waals surface area contributed by atoms with Crippen LogP contribution in [0.5, 0.6) is 17.2 Å². The van der Waals surface area contributed by atoms with E-state index in [0.717, 1.165) is 5.75 Å². The molecule has 2 aromatic carbocycles. The fourth-order valence-electron chi connectivity index (χ4n) is 2.00. The Morgan fingerprint density at radius 2 is 1.87 bits per heavy atom. The first-order valence-electron chi connectivity index (χ1n) is 7.03. The van der Waals surface area contributed by atoms with E-state index in [4.69, 9.17) is 25.8 Å². The van der Waals surface area contributed by atoms with Gasteiger partial charge in [-0.25, -0.2) is 0 Å². The molecule has 0 aliphatic rings. The molecule has 0 aromatic heterocycles. The van der Waals surface area contributed by atoms with E-state index < -0.39 is 0 Å². The summed E-state index contributed by atoms with van der Waals surface area (Å²) in [7, 11) is 2.98. The lowest BCUT2D eigenvalue weighted by Crippen LogP contribution is -2.28. The smallest absolute Gasteiger partial charge is 0.251 e. The fourth-order valence-corrected chi connectivity index (χ4v) is 2.29. The van der Waals surface area contributed by atoms with Crippen LogP contribution in [0.4, 0.5) is 0 Å². The Morgan fingerprint density at radius 1 is 1.13 bits per heavy atom. The zero-order valence-electron chi connectivity index (χ0n) is 13.0. The molecule has 0 radical (unpaired) electrons. The van der Waals surface area contributed by atoms with E-state index in [0.29, 0.717) is 35.2 Å². The molecule has 0 saturated heterocycles. The van der Waals surface area contributed by atoms with Gasteiger partial charge in [0.2, 0.25) is 0 Å². The molecular formula is C17H18ClNO4. The number of para-hydroxylation sites is 1. The molecule has 2 aromatic rings. The van der Waals surface area contributed by atoms with Crippen molar-refractivity contribution in [1.82, 2.24) is 5.32 Å². The predicted molar refractivity (Wildman–Crippen MR) is 88.8 cm³/mol. The molecule has 5 nitrogen and oxygen atoms in total. The molecule has 0 fully saturated rings. The van der Waals surface area contributed by atoms with Gasteiger partial charge in [-0.15, -0.1) is 0 Å². The Kier molecular flexibility index (Phi) is 6.11. The summed E-state index contributed by atoms with van der Waals surface area (Å²) in [6, 6.07) is 12.5. The summed E-state index contributed by atoms with van der Waals surface area (Å²) in [6.45, 7) is 0.746. The van der Waals surface area contributed by atoms with E-state index in [1.807, 2.05) is 30.3 Å². The normalized spacial score (nSPS) is 10.0. The number of carbonyl (C=O) groups excluding carboxylic acids is 1. The van der Waals surface area contributed by atoms with Crippen LogP contribution in [0, 0.1) is 0 Å². The van der Waals surface area contributed by atoms with E-state index in [9.17, 15) is 4.79 Å². The van der Waals surface area contributed by atoms with Crippen LogP contribution in [0.3, 0.4) is 0 Å². The van der Waals surface area contributed by atoms with Crippen LogP contribution in [-0.4, -0.2) is 33.3 Å². The zero-order chi connectivity index (χ0) is 16.7. The summed E-state index contributed by atoms with van der Waals surface area (Å²) in [5.41, 5.74) is 0.396. The number of carbonyl (C=O) groups is 1. The highest BCUT2D eigenvalue weighted by Gasteiger charge is 2.14. The Balaban J connectivity index is 1.92. The van der Waals surface area contributed by atoms with E-state index in [1.54, 1.807) is 6.07 Å². The average Bonchev–Trinajstić information content (AvgIpc) is 2.58. The number of methoxy groups -OCH3 is 2. The molecular weight excluding hydrogens is 318 g/mol. The maximum Gasteiger partial charge on any atom is 0.251 e. The summed E-state index contributed by atoms with van der Waals surface area (Å²) in [5.74, 6) is 1.31. The third-order valence-corrected chi connectivity index (χ3v) is 3.38. The largest absolute Gasteiger partial charge is 0.493 e. The molecule has 0 heterocycles. The maximum absolute atomic E-state index is 12.2. The monoisotopic (exact) mass is 335 g/mol. The van der Waals surface area contributed by atoms with Gasteiger partial charge in [0.1, 0.15) is 12.4 Å². The first kappa shape index (κ1) is 17.0. The molecule has 0 atom stereocenters. The van der Waals surface area contributed by atoms with Crippen LogP contribution in [0.15, 0.2) is 42.5 Å². The first-order valence-corrected chi connectivity index (χ1v) is 7.41. The molecule has 6 heteroatoms. The van der Waals surface area contributed by atoms with Crippen molar-refractivity contribution in [1.29, 1.82) is 0 Å². The van der Waals surface area contributed by atoms with Crippen LogP contribution >= 0.6 is 11.6 Å². The third kappa shape index (κ3) is 4.53. The van der Waals surface area contributed by atoms with E-state index >= 15 is 0 Å². The zero-order valence-corrected chi connectivity index (χ0v) is 13.7. The molecule has 0 aliphatic heterocycles. The molecule has 122 valence electrons. The summed E-state index contributed by atoms with van der Waals surface area (Å²) in [4.78, 5) is 12.2. The lowest BCUT2D eigenvalue weighted by atomic mass is 10.2. The van der Waals surface area contributed by atoms with Gasteiger partial charge in [0, 0.05) is 5.56 Å². The van der Waals surface area contributed by atoms with Gasteiger partial charge in [-0.05, 0) is 24.3 Å². The fraction of sp³-hybridized carbons (Fsp3) is 0.235. The van der Waals surface area contributed by atoms with Gasteiger partial charge in [0.15, 0.2) is 11.5 Å². The van der Waals surface area contributed by atoms with E-state index in [2.05, 4.69) is 5.32 Å². The minimum Gasteiger partial charge on any atom is -0.493 e. The number of hydrogen-bond donors (Lipinski definition) is 1. The standard InChI is InChI=1S/C17H18ClNO4/c1-21-15-11-12(10-14(18)16(15)22-2)17(20)19-8-9-23-13-6-4-3-5-7-13/h3-7,10-11H,8-9H2,1-2H3,(H,19,20). The highest BCUT2D eigenvalue weighted by molar-refractivity contribution is 6.32. The van der Waals surface area contributed by atoms with Crippen molar-refractivity contribution in [3.63, 3.8) is 0 Å². The van der Waals surface area contributed by atoms with Crippen LogP contribution in [0.1, 0.15) is 10.4 Å². The summed E-state index contributed by atoms with van der Waals surface area (Å²) >= 11 is 6.09. The molecule has 0 spiro atoms. The van der Waals surface area contributed by atoms with Crippen molar-refractivity contribution >= 4 is 17.5 Å². The number of halogens is 1. The third-order valence-electron chi connectivity index (χ3n) is 3.10. The lowest BCUT2D eigenvalue weighted by molar-refractivity contribution is 0.0946. The second kappa shape index (κ2) is 8.29. The second-order valence-corrected chi connectivity index (χ2v) is 5.02. The van der Waals surface area contributed by atoms with Crippen molar-refractivity contribution in [3.05, 3.63) is 53.1 Å². The maximum atomic E-state index is 12.2. The number of nitrogens with one attached hydrogen (secondary N) is 1. The first-order chi connectivity index (χ1) is 11.2. The van der Waals surface area contributed by atoms with Crippen molar-refractivity contribution in [2.24, 2.45) is 0 Å². The van der Waals surface area contributed by atoms with Gasteiger partial charge in [-0.2, -0.15) is 0 Å². The van der Waals surface area contributed by atoms with Crippen molar-refractivity contribution in [2.75, 3.05) is 27.4 Å². The van der Waals surface area contributed by atoms with E-state index in [1.165, 1.54) is 20.3 Å². The van der Waals surface area contributed by atoms with Crippen LogP contribution in [0.25, 0.3) is 0 Å². The molecule has 0 bridgehead atoms. The van der Waals surface area contributed by atoms with Gasteiger partial charge in [0.05, 0.1) is 25.8 Å². The molecule has 0 unspecified atom stereocenters. The summed E-state index contributed by atoms with van der Waals surface area (Å²) in [6.07, 6.45) is 0. The molecule has 2 rings (SSSR count). The topological polar surface area (TPSA) is 56.8 Å². The quantitative estimate of drug-likeness (QED) is 0.790. The van der Waals surface area contributed by atoms with E-state index in [-0.39, 0.29) is 5.91 Å². The Bertz CT molecular complexity index is 661. The van der Waals surface area contributed by atoms with Gasteiger partial charge in [0.25, 0.3) is 5.91 Å². The number of ether oxygens (including phenoxy) is 3. The Labute approximate surface area is 140 Å². The van der Waals surface area contributed by atoms with Crippen LogP contribution < -0.4 is 19.5 Å². The molecule has 0 saturated carbocycles. The average molecular weight is 336 g/mol. The second-order valence-electron chi connectivity index (χ2n) is 4.61. The van der Waals surface area contributed by atoms with Gasteiger partial charge in [-0.1, -0.05) is 29.8 Å². The van der Waals surface area contributed by atoms with Crippen molar-refractivity contribution in [2.45, 2.75) is 0 Å². The van der Waals surface area contributed by atoms with Crippen LogP contribution in [-0.2, 0) is 0 Å². The van der Waals surface area contributed by atoms with Crippen LogP contribution in [0.2, 0.25) is 5.02 Å². The number of amides is 1.